The maximum Gasteiger partial charge on any atom is 0.313 e. The first-order chi connectivity index (χ1) is 18.4. The number of hydrogen-bond donors (Lipinski definition) is 0. The molecule has 3 rings (SSSR count). The van der Waals surface area contributed by atoms with E-state index < -0.39 is 23.4 Å². The Morgan fingerprint density at radius 3 is 1.62 bits per heavy atom. The van der Waals surface area contributed by atoms with E-state index in [-0.39, 0.29) is 24.1 Å². The van der Waals surface area contributed by atoms with Crippen LogP contribution in [0.25, 0.3) is 0 Å². The fourth-order valence-corrected chi connectivity index (χ4v) is 4.40. The average Bonchev–Trinajstić information content (AvgIpc) is 2.93. The minimum absolute atomic E-state index is 0.00202. The van der Waals surface area contributed by atoms with Crippen LogP contribution >= 0.6 is 0 Å². The zero-order chi connectivity index (χ0) is 29.1. The minimum Gasteiger partial charge on any atom is -0.435 e. The molecule has 1 aromatic rings. The van der Waals surface area contributed by atoms with Crippen LogP contribution in [0.15, 0.2) is 30.3 Å². The summed E-state index contributed by atoms with van der Waals surface area (Å²) < 4.78 is 23.4. The molecule has 0 spiro atoms. The number of ether oxygens (including phenoxy) is 4. The Labute approximate surface area is 237 Å². The van der Waals surface area contributed by atoms with Crippen LogP contribution in [-0.2, 0) is 28.5 Å². The molecule has 2 saturated heterocycles. The van der Waals surface area contributed by atoms with Gasteiger partial charge in [0, 0.05) is 19.3 Å². The predicted octanol–water partition coefficient (Wildman–Crippen LogP) is 8.33. The summed E-state index contributed by atoms with van der Waals surface area (Å²) in [6, 6.07) is 10.6. The summed E-state index contributed by atoms with van der Waals surface area (Å²) in [7, 11) is 0. The zero-order valence-corrected chi connectivity index (χ0v) is 25.8. The molecule has 222 valence electrons. The van der Waals surface area contributed by atoms with Gasteiger partial charge in [-0.2, -0.15) is 0 Å². The Morgan fingerprint density at radius 1 is 0.795 bits per heavy atom. The molecular weight excluding hydrogens is 492 g/mol. The van der Waals surface area contributed by atoms with Crippen LogP contribution < -0.4 is 0 Å². The Bertz CT molecular complexity index is 816. The number of carbonyl (C=O) groups is 2. The van der Waals surface area contributed by atoms with Crippen molar-refractivity contribution in [2.75, 3.05) is 0 Å². The van der Waals surface area contributed by atoms with Gasteiger partial charge in [-0.15, -0.1) is 0 Å². The Hall–Kier alpha value is -1.92. The highest BCUT2D eigenvalue weighted by atomic mass is 16.7. The lowest BCUT2D eigenvalue weighted by Gasteiger charge is -2.36. The van der Waals surface area contributed by atoms with Gasteiger partial charge in [0.15, 0.2) is 0 Å². The third kappa shape index (κ3) is 10.9. The van der Waals surface area contributed by atoms with Gasteiger partial charge in [0.25, 0.3) is 0 Å². The molecule has 0 saturated carbocycles. The van der Waals surface area contributed by atoms with Crippen molar-refractivity contribution in [1.82, 2.24) is 0 Å². The molecule has 6 heteroatoms. The van der Waals surface area contributed by atoms with Crippen LogP contribution in [0, 0.1) is 10.8 Å². The number of rotatable bonds is 10. The summed E-state index contributed by atoms with van der Waals surface area (Å²) in [6.45, 7) is 16.0. The molecular formula is C33H54O6. The molecule has 2 fully saturated rings. The van der Waals surface area contributed by atoms with Crippen molar-refractivity contribution >= 4 is 11.9 Å². The van der Waals surface area contributed by atoms with Gasteiger partial charge in [0.2, 0.25) is 12.6 Å². The van der Waals surface area contributed by atoms with Crippen molar-refractivity contribution in [1.29, 1.82) is 0 Å². The lowest BCUT2D eigenvalue weighted by Crippen LogP contribution is -2.40. The van der Waals surface area contributed by atoms with Crippen LogP contribution in [0.3, 0.4) is 0 Å². The number of hydrogen-bond acceptors (Lipinski definition) is 6. The van der Waals surface area contributed by atoms with Gasteiger partial charge >= 0.3 is 11.9 Å². The van der Waals surface area contributed by atoms with Crippen molar-refractivity contribution in [3.8, 4) is 0 Å². The molecule has 5 atom stereocenters. The second-order valence-electron chi connectivity index (χ2n) is 12.5. The summed E-state index contributed by atoms with van der Waals surface area (Å²) in [4.78, 5) is 24.7. The molecule has 0 bridgehead atoms. The van der Waals surface area contributed by atoms with Crippen molar-refractivity contribution in [3.05, 3.63) is 35.9 Å². The summed E-state index contributed by atoms with van der Waals surface area (Å²) >= 11 is 0. The van der Waals surface area contributed by atoms with Gasteiger partial charge in [0.05, 0.1) is 23.0 Å². The van der Waals surface area contributed by atoms with E-state index in [0.29, 0.717) is 5.92 Å². The Balaban J connectivity index is 0.000000446. The van der Waals surface area contributed by atoms with Gasteiger partial charge in [-0.1, -0.05) is 58.0 Å². The molecule has 0 radical (unpaired) electrons. The lowest BCUT2D eigenvalue weighted by atomic mass is 9.90. The summed E-state index contributed by atoms with van der Waals surface area (Å²) in [6.07, 6.45) is 7.71. The highest BCUT2D eigenvalue weighted by Gasteiger charge is 2.35. The first kappa shape index (κ1) is 33.3. The molecule has 5 unspecified atom stereocenters. The van der Waals surface area contributed by atoms with Gasteiger partial charge in [-0.05, 0) is 84.1 Å². The highest BCUT2D eigenvalue weighted by molar-refractivity contribution is 5.76. The SMILES string of the molecule is CCC(C)(C)C(=O)OC1CCCC(CC2CCCC(OC(=O)C(C)(C)CC)O2)O1.CCC(C)c1ccccc1. The quantitative estimate of drug-likeness (QED) is 0.275. The predicted molar refractivity (Wildman–Crippen MR) is 155 cm³/mol. The fourth-order valence-electron chi connectivity index (χ4n) is 4.40. The van der Waals surface area contributed by atoms with E-state index in [2.05, 4.69) is 44.2 Å². The topological polar surface area (TPSA) is 71.1 Å². The number of esters is 2. The number of benzene rings is 1. The van der Waals surface area contributed by atoms with Gasteiger partial charge in [-0.3, -0.25) is 9.59 Å². The van der Waals surface area contributed by atoms with E-state index >= 15 is 0 Å². The van der Waals surface area contributed by atoms with Crippen LogP contribution in [0.1, 0.15) is 131 Å². The molecule has 2 aliphatic heterocycles. The van der Waals surface area contributed by atoms with Crippen LogP contribution in [0.2, 0.25) is 0 Å². The average molecular weight is 547 g/mol. The van der Waals surface area contributed by atoms with Gasteiger partial charge < -0.3 is 18.9 Å². The van der Waals surface area contributed by atoms with E-state index in [0.717, 1.165) is 57.8 Å². The Morgan fingerprint density at radius 2 is 1.23 bits per heavy atom. The molecule has 0 N–H and O–H groups in total. The van der Waals surface area contributed by atoms with E-state index in [1.165, 1.54) is 12.0 Å². The standard InChI is InChI=1S/C23H40O6.C10H14/c1-7-22(3,4)20(24)28-18-13-9-11-16(26-18)15-17-12-10-14-19(27-17)29-21(25)23(5,6)8-2;1-3-9(2)10-7-5-4-6-8-10/h16-19H,7-15H2,1-6H3;4-9H,3H2,1-2H3. The third-order valence-electron chi connectivity index (χ3n) is 8.48. The van der Waals surface area contributed by atoms with Crippen molar-refractivity contribution in [3.63, 3.8) is 0 Å². The van der Waals surface area contributed by atoms with Gasteiger partial charge in [0.1, 0.15) is 0 Å². The van der Waals surface area contributed by atoms with E-state index in [9.17, 15) is 9.59 Å². The molecule has 2 aliphatic rings. The van der Waals surface area contributed by atoms with Crippen molar-refractivity contribution in [2.45, 2.75) is 150 Å². The monoisotopic (exact) mass is 546 g/mol. The smallest absolute Gasteiger partial charge is 0.313 e. The first-order valence-corrected chi connectivity index (χ1v) is 15.2. The Kier molecular flexibility index (Phi) is 13.5. The molecule has 2 heterocycles. The fraction of sp³-hybridized carbons (Fsp3) is 0.758. The van der Waals surface area contributed by atoms with E-state index in [1.54, 1.807) is 0 Å². The molecule has 0 aromatic heterocycles. The summed E-state index contributed by atoms with van der Waals surface area (Å²) in [5, 5.41) is 0. The third-order valence-corrected chi connectivity index (χ3v) is 8.48. The normalized spacial score (nSPS) is 24.6. The number of carbonyl (C=O) groups excluding carboxylic acids is 2. The van der Waals surface area contributed by atoms with Crippen LogP contribution in [0.5, 0.6) is 0 Å². The van der Waals surface area contributed by atoms with E-state index in [4.69, 9.17) is 18.9 Å². The second-order valence-corrected chi connectivity index (χ2v) is 12.5. The zero-order valence-electron chi connectivity index (χ0n) is 25.8. The molecule has 6 nitrogen and oxygen atoms in total. The van der Waals surface area contributed by atoms with E-state index in [1.807, 2.05) is 41.5 Å². The molecule has 1 aromatic carbocycles. The van der Waals surface area contributed by atoms with Gasteiger partial charge in [-0.25, -0.2) is 0 Å². The largest absolute Gasteiger partial charge is 0.435 e. The molecule has 39 heavy (non-hydrogen) atoms. The maximum absolute atomic E-state index is 12.3. The minimum atomic E-state index is -0.494. The van der Waals surface area contributed by atoms with Crippen molar-refractivity contribution in [2.24, 2.45) is 10.8 Å². The summed E-state index contributed by atoms with van der Waals surface area (Å²) in [5.41, 5.74) is 0.461. The van der Waals surface area contributed by atoms with Crippen molar-refractivity contribution < 1.29 is 28.5 Å². The molecule has 0 amide bonds. The second kappa shape index (κ2) is 15.8. The lowest BCUT2D eigenvalue weighted by molar-refractivity contribution is -0.229. The van der Waals surface area contributed by atoms with Crippen LogP contribution in [-0.4, -0.2) is 36.7 Å². The first-order valence-electron chi connectivity index (χ1n) is 15.2. The highest BCUT2D eigenvalue weighted by Crippen LogP contribution is 2.32. The van der Waals surface area contributed by atoms with Crippen LogP contribution in [0.4, 0.5) is 0 Å². The summed E-state index contributed by atoms with van der Waals surface area (Å²) in [5.74, 6) is 0.302. The maximum atomic E-state index is 12.3. The molecule has 0 aliphatic carbocycles.